The smallest absolute Gasteiger partial charge is 0.123 e. The van der Waals surface area contributed by atoms with Crippen LogP contribution in [0.15, 0.2) is 18.2 Å². The van der Waals surface area contributed by atoms with E-state index in [1.807, 2.05) is 19.2 Å². The summed E-state index contributed by atoms with van der Waals surface area (Å²) >= 11 is 5.96. The molecule has 0 heterocycles. The molecule has 16 heavy (non-hydrogen) atoms. The Bertz CT molecular complexity index is 387. The van der Waals surface area contributed by atoms with Crippen LogP contribution >= 0.6 is 11.6 Å². The van der Waals surface area contributed by atoms with E-state index in [1.54, 1.807) is 13.2 Å². The van der Waals surface area contributed by atoms with Gasteiger partial charge in [0.05, 0.1) is 13.2 Å². The second-order valence-corrected chi connectivity index (χ2v) is 3.86. The molecule has 0 fully saturated rings. The summed E-state index contributed by atoms with van der Waals surface area (Å²) in [5.41, 5.74) is 0.993. The molecule has 1 unspecified atom stereocenters. The number of ether oxygens (including phenoxy) is 1. The van der Waals surface area contributed by atoms with Gasteiger partial charge >= 0.3 is 0 Å². The topological polar surface area (TPSA) is 45.0 Å². The third-order valence-electron chi connectivity index (χ3n) is 2.46. The Balaban J connectivity index is 2.98. The number of nitriles is 1. The Labute approximate surface area is 101 Å². The fourth-order valence-corrected chi connectivity index (χ4v) is 1.82. The average molecular weight is 239 g/mol. The molecule has 3 nitrogen and oxygen atoms in total. The molecular weight excluding hydrogens is 224 g/mol. The monoisotopic (exact) mass is 238 g/mol. The Morgan fingerprint density at radius 3 is 2.88 bits per heavy atom. The van der Waals surface area contributed by atoms with Crippen molar-refractivity contribution in [3.8, 4) is 11.8 Å². The SMILES string of the molecule is CNC(CCC#N)c1cc(Cl)ccc1OC. The van der Waals surface area contributed by atoms with Crippen molar-refractivity contribution >= 4 is 11.6 Å². The predicted molar refractivity (Wildman–Crippen MR) is 64.7 cm³/mol. The normalized spacial score (nSPS) is 11.9. The fourth-order valence-electron chi connectivity index (χ4n) is 1.64. The van der Waals surface area contributed by atoms with Crippen LogP contribution in [0.3, 0.4) is 0 Å². The van der Waals surface area contributed by atoms with Crippen molar-refractivity contribution < 1.29 is 4.74 Å². The standard InChI is InChI=1S/C12H15ClN2O/c1-15-11(4-3-7-14)10-8-9(13)5-6-12(10)16-2/h5-6,8,11,15H,3-4H2,1-2H3. The number of benzene rings is 1. The highest BCUT2D eigenvalue weighted by molar-refractivity contribution is 6.30. The number of hydrogen-bond donors (Lipinski definition) is 1. The lowest BCUT2D eigenvalue weighted by Crippen LogP contribution is -2.17. The summed E-state index contributed by atoms with van der Waals surface area (Å²) in [6.45, 7) is 0. The van der Waals surface area contributed by atoms with Crippen LogP contribution in [0.1, 0.15) is 24.4 Å². The predicted octanol–water partition coefficient (Wildman–Crippen LogP) is 2.91. The number of nitrogens with zero attached hydrogens (tertiary/aromatic N) is 1. The van der Waals surface area contributed by atoms with E-state index in [4.69, 9.17) is 21.6 Å². The van der Waals surface area contributed by atoms with E-state index in [-0.39, 0.29) is 6.04 Å². The van der Waals surface area contributed by atoms with E-state index in [2.05, 4.69) is 11.4 Å². The van der Waals surface area contributed by atoms with Gasteiger partial charge in [0, 0.05) is 23.0 Å². The lowest BCUT2D eigenvalue weighted by atomic mass is 10.0. The van der Waals surface area contributed by atoms with Gasteiger partial charge in [0.2, 0.25) is 0 Å². The van der Waals surface area contributed by atoms with Gasteiger partial charge in [-0.1, -0.05) is 11.6 Å². The summed E-state index contributed by atoms with van der Waals surface area (Å²) in [5.74, 6) is 0.793. The summed E-state index contributed by atoms with van der Waals surface area (Å²) in [4.78, 5) is 0. The number of hydrogen-bond acceptors (Lipinski definition) is 3. The van der Waals surface area contributed by atoms with E-state index in [1.165, 1.54) is 0 Å². The first-order valence-corrected chi connectivity index (χ1v) is 5.48. The van der Waals surface area contributed by atoms with Crippen molar-refractivity contribution in [3.63, 3.8) is 0 Å². The molecule has 0 amide bonds. The lowest BCUT2D eigenvalue weighted by Gasteiger charge is -2.18. The van der Waals surface area contributed by atoms with Crippen LogP contribution in [0.2, 0.25) is 5.02 Å². The van der Waals surface area contributed by atoms with Crippen molar-refractivity contribution in [1.29, 1.82) is 5.26 Å². The first-order chi connectivity index (χ1) is 7.72. The van der Waals surface area contributed by atoms with Crippen LogP contribution in [0.25, 0.3) is 0 Å². The molecule has 1 rings (SSSR count). The van der Waals surface area contributed by atoms with E-state index in [9.17, 15) is 0 Å². The van der Waals surface area contributed by atoms with E-state index < -0.39 is 0 Å². The fraction of sp³-hybridized carbons (Fsp3) is 0.417. The van der Waals surface area contributed by atoms with Crippen LogP contribution in [0.4, 0.5) is 0 Å². The maximum Gasteiger partial charge on any atom is 0.123 e. The van der Waals surface area contributed by atoms with Crippen LogP contribution in [0, 0.1) is 11.3 Å². The minimum absolute atomic E-state index is 0.0910. The van der Waals surface area contributed by atoms with Crippen LogP contribution in [-0.2, 0) is 0 Å². The molecule has 0 saturated carbocycles. The molecule has 0 aliphatic carbocycles. The molecule has 1 aromatic rings. The molecule has 0 aliphatic heterocycles. The molecule has 0 spiro atoms. The minimum Gasteiger partial charge on any atom is -0.496 e. The number of halogens is 1. The summed E-state index contributed by atoms with van der Waals surface area (Å²) in [5, 5.41) is 12.4. The first kappa shape index (κ1) is 12.8. The van der Waals surface area contributed by atoms with Gasteiger partial charge in [0.25, 0.3) is 0 Å². The molecule has 0 aliphatic rings. The zero-order chi connectivity index (χ0) is 12.0. The molecule has 4 heteroatoms. The number of methoxy groups -OCH3 is 1. The van der Waals surface area contributed by atoms with Gasteiger partial charge in [-0.25, -0.2) is 0 Å². The third-order valence-corrected chi connectivity index (χ3v) is 2.70. The van der Waals surface area contributed by atoms with Gasteiger partial charge in [0.1, 0.15) is 5.75 Å². The Hall–Kier alpha value is -1.24. The second kappa shape index (κ2) is 6.37. The van der Waals surface area contributed by atoms with E-state index in [0.29, 0.717) is 11.4 Å². The van der Waals surface area contributed by atoms with Crippen molar-refractivity contribution in [2.75, 3.05) is 14.2 Å². The van der Waals surface area contributed by atoms with Gasteiger partial charge < -0.3 is 10.1 Å². The Kier molecular flexibility index (Phi) is 5.10. The van der Waals surface area contributed by atoms with Crippen molar-refractivity contribution in [2.45, 2.75) is 18.9 Å². The zero-order valence-electron chi connectivity index (χ0n) is 9.46. The van der Waals surface area contributed by atoms with Gasteiger partial charge in [-0.05, 0) is 31.7 Å². The Morgan fingerprint density at radius 2 is 2.31 bits per heavy atom. The molecular formula is C12H15ClN2O. The largest absolute Gasteiger partial charge is 0.496 e. The minimum atomic E-state index is 0.0910. The van der Waals surface area contributed by atoms with Crippen molar-refractivity contribution in [2.24, 2.45) is 0 Å². The molecule has 0 saturated heterocycles. The molecule has 1 N–H and O–H groups in total. The van der Waals surface area contributed by atoms with Crippen molar-refractivity contribution in [1.82, 2.24) is 5.32 Å². The maximum absolute atomic E-state index is 8.60. The summed E-state index contributed by atoms with van der Waals surface area (Å²) in [7, 11) is 3.49. The lowest BCUT2D eigenvalue weighted by molar-refractivity contribution is 0.399. The van der Waals surface area contributed by atoms with Gasteiger partial charge in [-0.15, -0.1) is 0 Å². The summed E-state index contributed by atoms with van der Waals surface area (Å²) in [6.07, 6.45) is 1.24. The quantitative estimate of drug-likeness (QED) is 0.858. The molecule has 0 bridgehead atoms. The molecule has 86 valence electrons. The molecule has 1 aromatic carbocycles. The van der Waals surface area contributed by atoms with Gasteiger partial charge in [-0.3, -0.25) is 0 Å². The molecule has 0 radical (unpaired) electrons. The van der Waals surface area contributed by atoms with Crippen LogP contribution < -0.4 is 10.1 Å². The Morgan fingerprint density at radius 1 is 1.56 bits per heavy atom. The van der Waals surface area contributed by atoms with Crippen molar-refractivity contribution in [3.05, 3.63) is 28.8 Å². The second-order valence-electron chi connectivity index (χ2n) is 3.42. The highest BCUT2D eigenvalue weighted by Gasteiger charge is 2.14. The van der Waals surface area contributed by atoms with Gasteiger partial charge in [-0.2, -0.15) is 5.26 Å². The third kappa shape index (κ3) is 3.13. The highest BCUT2D eigenvalue weighted by atomic mass is 35.5. The number of nitrogens with one attached hydrogen (secondary N) is 1. The molecule has 0 aromatic heterocycles. The maximum atomic E-state index is 8.60. The summed E-state index contributed by atoms with van der Waals surface area (Å²) in [6, 6.07) is 7.74. The van der Waals surface area contributed by atoms with Gasteiger partial charge in [0.15, 0.2) is 0 Å². The van der Waals surface area contributed by atoms with E-state index >= 15 is 0 Å². The average Bonchev–Trinajstić information content (AvgIpc) is 2.30. The zero-order valence-corrected chi connectivity index (χ0v) is 10.2. The van der Waals surface area contributed by atoms with Crippen LogP contribution in [0.5, 0.6) is 5.75 Å². The van der Waals surface area contributed by atoms with Crippen LogP contribution in [-0.4, -0.2) is 14.2 Å². The van der Waals surface area contributed by atoms with E-state index in [0.717, 1.165) is 17.7 Å². The number of rotatable bonds is 5. The first-order valence-electron chi connectivity index (χ1n) is 5.10. The summed E-state index contributed by atoms with van der Waals surface area (Å²) < 4.78 is 5.28. The molecule has 1 atom stereocenters. The highest BCUT2D eigenvalue weighted by Crippen LogP contribution is 2.30.